The molecule has 2 aromatic rings. The topological polar surface area (TPSA) is 83.8 Å². The fraction of sp³-hybridized carbons (Fsp3) is 0.435. The van der Waals surface area contributed by atoms with E-state index < -0.39 is 29.5 Å². The number of aryl methyl sites for hydroxylation is 2. The summed E-state index contributed by atoms with van der Waals surface area (Å²) in [5.41, 5.74) is 7.92. The van der Waals surface area contributed by atoms with Crippen LogP contribution in [0.15, 0.2) is 24.3 Å². The second-order valence-electron chi connectivity index (χ2n) is 8.06. The van der Waals surface area contributed by atoms with Gasteiger partial charge in [-0.15, -0.1) is 0 Å². The van der Waals surface area contributed by atoms with Crippen molar-refractivity contribution in [2.24, 2.45) is 5.73 Å². The van der Waals surface area contributed by atoms with Crippen LogP contribution in [0.2, 0.25) is 0 Å². The average molecular weight is 462 g/mol. The molecule has 0 heterocycles. The van der Waals surface area contributed by atoms with Gasteiger partial charge >= 0.3 is 5.97 Å². The number of nitrogens with two attached hydrogens (primary N) is 1. The molecule has 1 atom stereocenters. The predicted molar refractivity (Wildman–Crippen MR) is 124 cm³/mol. The Morgan fingerprint density at radius 3 is 2.06 bits per heavy atom. The summed E-state index contributed by atoms with van der Waals surface area (Å²) < 4.78 is 46.7. The van der Waals surface area contributed by atoms with Crippen molar-refractivity contribution in [3.63, 3.8) is 0 Å². The molecule has 0 saturated carbocycles. The lowest BCUT2D eigenvalue weighted by molar-refractivity contribution is -0.143. The van der Waals surface area contributed by atoms with Gasteiger partial charge in [-0.2, -0.15) is 12.6 Å². The molecule has 0 aromatic heterocycles. The summed E-state index contributed by atoms with van der Waals surface area (Å²) in [6, 6.07) is 4.04. The SMILES string of the molecule is CC(C)(C)S.CCOC(=O)C[C@H](N)c1cc(-c2c(C)cc(F)cc2C)cc(F)c1F.O.[HH]. The summed E-state index contributed by atoms with van der Waals surface area (Å²) in [5.74, 6) is -3.16. The van der Waals surface area contributed by atoms with Crippen LogP contribution < -0.4 is 5.73 Å². The normalized spacial score (nSPS) is 11.7. The monoisotopic (exact) mass is 461 g/mol. The van der Waals surface area contributed by atoms with E-state index in [-0.39, 0.29) is 30.2 Å². The quantitative estimate of drug-likeness (QED) is 0.457. The van der Waals surface area contributed by atoms with Gasteiger partial charge in [0.1, 0.15) is 5.82 Å². The highest BCUT2D eigenvalue weighted by molar-refractivity contribution is 7.81. The Bertz CT molecular complexity index is 876. The van der Waals surface area contributed by atoms with Gasteiger partial charge in [0.25, 0.3) is 0 Å². The van der Waals surface area contributed by atoms with Gasteiger partial charge in [0.15, 0.2) is 11.6 Å². The molecule has 31 heavy (non-hydrogen) atoms. The molecule has 0 saturated heterocycles. The third-order valence-electron chi connectivity index (χ3n) is 3.93. The van der Waals surface area contributed by atoms with Gasteiger partial charge in [0.05, 0.1) is 13.0 Å². The summed E-state index contributed by atoms with van der Waals surface area (Å²) >= 11 is 4.12. The fourth-order valence-corrected chi connectivity index (χ4v) is 2.90. The third-order valence-corrected chi connectivity index (χ3v) is 3.93. The Morgan fingerprint density at radius 2 is 1.61 bits per heavy atom. The number of thiol groups is 1. The molecule has 2 rings (SSSR count). The van der Waals surface area contributed by atoms with E-state index in [9.17, 15) is 18.0 Å². The number of benzene rings is 2. The largest absolute Gasteiger partial charge is 0.466 e. The Labute approximate surface area is 189 Å². The first kappa shape index (κ1) is 29.0. The maximum Gasteiger partial charge on any atom is 0.307 e. The fourth-order valence-electron chi connectivity index (χ4n) is 2.90. The van der Waals surface area contributed by atoms with E-state index in [1.807, 2.05) is 0 Å². The molecule has 176 valence electrons. The zero-order chi connectivity index (χ0) is 23.2. The minimum absolute atomic E-state index is 0. The van der Waals surface area contributed by atoms with Crippen molar-refractivity contribution in [3.8, 4) is 11.1 Å². The molecule has 0 aliphatic rings. The summed E-state index contributed by atoms with van der Waals surface area (Å²) in [7, 11) is 0. The van der Waals surface area contributed by atoms with Crippen LogP contribution in [0.1, 0.15) is 58.3 Å². The van der Waals surface area contributed by atoms with E-state index in [2.05, 4.69) is 33.4 Å². The van der Waals surface area contributed by atoms with E-state index in [1.165, 1.54) is 18.2 Å². The number of hydrogen-bond acceptors (Lipinski definition) is 4. The number of ether oxygens (including phenoxy) is 1. The molecule has 0 aliphatic heterocycles. The van der Waals surface area contributed by atoms with Gasteiger partial charge < -0.3 is 15.9 Å². The highest BCUT2D eigenvalue weighted by Gasteiger charge is 2.21. The van der Waals surface area contributed by atoms with Crippen molar-refractivity contribution < 1.29 is 29.6 Å². The van der Waals surface area contributed by atoms with Crippen LogP contribution in [0.3, 0.4) is 0 Å². The molecular weight excluding hydrogens is 427 g/mol. The van der Waals surface area contributed by atoms with Gasteiger partial charge in [-0.1, -0.05) is 20.8 Å². The first-order chi connectivity index (χ1) is 13.7. The van der Waals surface area contributed by atoms with E-state index >= 15 is 0 Å². The molecule has 0 spiro atoms. The maximum absolute atomic E-state index is 14.2. The lowest BCUT2D eigenvalue weighted by atomic mass is 9.92. The van der Waals surface area contributed by atoms with Crippen LogP contribution in [-0.4, -0.2) is 22.8 Å². The summed E-state index contributed by atoms with van der Waals surface area (Å²) in [5, 5.41) is 0. The molecular formula is C23H34F3NO3S. The number of carbonyl (C=O) groups is 1. The average Bonchev–Trinajstić information content (AvgIpc) is 2.55. The Hall–Kier alpha value is -2.03. The van der Waals surface area contributed by atoms with E-state index in [4.69, 9.17) is 10.5 Å². The highest BCUT2D eigenvalue weighted by Crippen LogP contribution is 2.32. The number of carbonyl (C=O) groups excluding carboxylic acids is 1. The van der Waals surface area contributed by atoms with Crippen molar-refractivity contribution in [3.05, 3.63) is 58.4 Å². The van der Waals surface area contributed by atoms with Gasteiger partial charge in [-0.05, 0) is 67.3 Å². The van der Waals surface area contributed by atoms with Crippen LogP contribution in [0.4, 0.5) is 13.2 Å². The number of hydrogen-bond donors (Lipinski definition) is 2. The minimum Gasteiger partial charge on any atom is -0.466 e. The van der Waals surface area contributed by atoms with Crippen LogP contribution in [0, 0.1) is 31.3 Å². The summed E-state index contributed by atoms with van der Waals surface area (Å²) in [6.45, 7) is 11.3. The van der Waals surface area contributed by atoms with Crippen molar-refractivity contribution >= 4 is 18.6 Å². The maximum atomic E-state index is 14.2. The van der Waals surface area contributed by atoms with Crippen LogP contribution >= 0.6 is 12.6 Å². The second kappa shape index (κ2) is 12.1. The molecule has 4 N–H and O–H groups in total. The molecule has 2 aromatic carbocycles. The third kappa shape index (κ3) is 9.33. The lowest BCUT2D eigenvalue weighted by Crippen LogP contribution is -2.19. The number of esters is 1. The first-order valence-corrected chi connectivity index (χ1v) is 10.1. The van der Waals surface area contributed by atoms with Crippen molar-refractivity contribution in [1.29, 1.82) is 0 Å². The molecule has 0 bridgehead atoms. The molecule has 0 aliphatic carbocycles. The molecule has 4 nitrogen and oxygen atoms in total. The highest BCUT2D eigenvalue weighted by atomic mass is 32.1. The van der Waals surface area contributed by atoms with Gasteiger partial charge in [0.2, 0.25) is 0 Å². The molecule has 0 radical (unpaired) electrons. The predicted octanol–water partition coefficient (Wildman–Crippen LogP) is 5.48. The van der Waals surface area contributed by atoms with Crippen LogP contribution in [0.25, 0.3) is 11.1 Å². The zero-order valence-electron chi connectivity index (χ0n) is 18.8. The number of halogens is 3. The van der Waals surface area contributed by atoms with Gasteiger partial charge in [-0.25, -0.2) is 13.2 Å². The Kier molecular flexibility index (Phi) is 11.3. The minimum atomic E-state index is -1.10. The number of rotatable bonds is 5. The van der Waals surface area contributed by atoms with Crippen molar-refractivity contribution in [2.75, 3.05) is 6.61 Å². The van der Waals surface area contributed by atoms with Crippen molar-refractivity contribution in [2.45, 2.75) is 58.8 Å². The van der Waals surface area contributed by atoms with Gasteiger partial charge in [0, 0.05) is 17.8 Å². The molecule has 0 unspecified atom stereocenters. The molecule has 0 fully saturated rings. The van der Waals surface area contributed by atoms with Crippen LogP contribution in [-0.2, 0) is 9.53 Å². The van der Waals surface area contributed by atoms with E-state index in [0.29, 0.717) is 22.3 Å². The first-order valence-electron chi connectivity index (χ1n) is 9.64. The Balaban J connectivity index is 0. The molecule has 8 heteroatoms. The summed E-state index contributed by atoms with van der Waals surface area (Å²) in [4.78, 5) is 11.6. The van der Waals surface area contributed by atoms with Crippen LogP contribution in [0.5, 0.6) is 0 Å². The smallest absolute Gasteiger partial charge is 0.307 e. The zero-order valence-corrected chi connectivity index (χ0v) is 19.7. The Morgan fingerprint density at radius 1 is 1.13 bits per heavy atom. The van der Waals surface area contributed by atoms with Gasteiger partial charge in [-0.3, -0.25) is 4.79 Å². The second-order valence-corrected chi connectivity index (χ2v) is 9.40. The van der Waals surface area contributed by atoms with E-state index in [0.717, 1.165) is 6.07 Å². The lowest BCUT2D eigenvalue weighted by Gasteiger charge is -2.16. The van der Waals surface area contributed by atoms with Crippen molar-refractivity contribution in [1.82, 2.24) is 0 Å². The summed E-state index contributed by atoms with van der Waals surface area (Å²) in [6.07, 6.45) is -0.269. The standard InChI is InChI=1S/C19H20F3NO2.C4H10S.H2O.H2/c1-4-25-17(24)9-16(23)14-7-12(8-15(21)19(14)22)18-10(2)5-13(20)6-11(18)3;1-4(2,3)5;;/h5-8,16H,4,9,23H2,1-3H3;5H,1-3H3;1H2;1H/t16-;;;/m0.../s1. The van der Waals surface area contributed by atoms with E-state index in [1.54, 1.807) is 20.8 Å². The molecule has 0 amide bonds.